The number of hydrogen-bond acceptors (Lipinski definition) is 3. The minimum atomic E-state index is -2.67. The molecule has 1 amide bonds. The SMILES string of the molecule is C[S@@](=O)(=NC(=O)c1cncc(-c2ccc(Cl)cc2)c1)C1C=CC=CC1. The molecule has 128 valence electrons. The Kier molecular flexibility index (Phi) is 5.16. The molecule has 1 aromatic carbocycles. The van der Waals surface area contributed by atoms with Gasteiger partial charge in [0.2, 0.25) is 0 Å². The average Bonchev–Trinajstić information content (AvgIpc) is 2.63. The number of carbonyl (C=O) groups excluding carboxylic acids is 1. The second-order valence-corrected chi connectivity index (χ2v) is 8.76. The molecular formula is C19H17ClN2O2S. The summed E-state index contributed by atoms with van der Waals surface area (Å²) >= 11 is 5.90. The van der Waals surface area contributed by atoms with Crippen molar-refractivity contribution in [2.45, 2.75) is 11.7 Å². The molecular weight excluding hydrogens is 356 g/mol. The van der Waals surface area contributed by atoms with E-state index in [1.54, 1.807) is 24.4 Å². The van der Waals surface area contributed by atoms with Crippen molar-refractivity contribution in [2.24, 2.45) is 4.36 Å². The molecule has 2 aromatic rings. The monoisotopic (exact) mass is 372 g/mol. The molecule has 1 aromatic heterocycles. The first-order valence-corrected chi connectivity index (χ1v) is 10.1. The van der Waals surface area contributed by atoms with E-state index in [2.05, 4.69) is 9.35 Å². The number of allylic oxidation sites excluding steroid dienone is 3. The maximum absolute atomic E-state index is 12.8. The van der Waals surface area contributed by atoms with E-state index < -0.39 is 15.6 Å². The fourth-order valence-electron chi connectivity index (χ4n) is 2.52. The van der Waals surface area contributed by atoms with Gasteiger partial charge in [0.1, 0.15) is 0 Å². The molecule has 0 aliphatic heterocycles. The number of hydrogen-bond donors (Lipinski definition) is 0. The molecule has 1 aliphatic carbocycles. The Balaban J connectivity index is 1.90. The summed E-state index contributed by atoms with van der Waals surface area (Å²) in [4.78, 5) is 16.6. The molecule has 0 saturated carbocycles. The van der Waals surface area contributed by atoms with Crippen LogP contribution in [0.2, 0.25) is 5.02 Å². The largest absolute Gasteiger partial charge is 0.286 e. The van der Waals surface area contributed by atoms with Crippen LogP contribution in [0.4, 0.5) is 0 Å². The number of amides is 1. The van der Waals surface area contributed by atoms with Crippen molar-refractivity contribution in [3.63, 3.8) is 0 Å². The van der Waals surface area contributed by atoms with Gasteiger partial charge in [-0.15, -0.1) is 0 Å². The number of aromatic nitrogens is 1. The minimum Gasteiger partial charge on any atom is -0.266 e. The lowest BCUT2D eigenvalue weighted by atomic mass is 10.1. The van der Waals surface area contributed by atoms with Gasteiger partial charge in [-0.3, -0.25) is 9.78 Å². The van der Waals surface area contributed by atoms with Crippen molar-refractivity contribution >= 4 is 27.2 Å². The van der Waals surface area contributed by atoms with Crippen LogP contribution in [0.15, 0.2) is 71.4 Å². The number of benzene rings is 1. The van der Waals surface area contributed by atoms with Crippen molar-refractivity contribution in [1.29, 1.82) is 0 Å². The van der Waals surface area contributed by atoms with E-state index in [9.17, 15) is 9.00 Å². The van der Waals surface area contributed by atoms with E-state index in [4.69, 9.17) is 11.6 Å². The van der Waals surface area contributed by atoms with Crippen LogP contribution in [0.25, 0.3) is 11.1 Å². The summed E-state index contributed by atoms with van der Waals surface area (Å²) in [6.07, 6.45) is 12.7. The topological polar surface area (TPSA) is 59.4 Å². The molecule has 0 bridgehead atoms. The molecule has 1 aliphatic rings. The lowest BCUT2D eigenvalue weighted by Crippen LogP contribution is -2.19. The molecule has 0 radical (unpaired) electrons. The van der Waals surface area contributed by atoms with Crippen LogP contribution < -0.4 is 0 Å². The van der Waals surface area contributed by atoms with E-state index in [1.807, 2.05) is 36.4 Å². The third-order valence-corrected chi connectivity index (χ3v) is 6.18. The second kappa shape index (κ2) is 7.33. The van der Waals surface area contributed by atoms with Gasteiger partial charge in [0.25, 0.3) is 5.91 Å². The number of nitrogens with zero attached hydrogens (tertiary/aromatic N) is 2. The normalized spacial score (nSPS) is 18.6. The zero-order valence-electron chi connectivity index (χ0n) is 13.6. The van der Waals surface area contributed by atoms with Gasteiger partial charge in [0.15, 0.2) is 0 Å². The molecule has 1 unspecified atom stereocenters. The number of pyridine rings is 1. The maximum Gasteiger partial charge on any atom is 0.286 e. The highest BCUT2D eigenvalue weighted by atomic mass is 35.5. The van der Waals surface area contributed by atoms with Crippen LogP contribution in [0, 0.1) is 0 Å². The molecule has 1 heterocycles. The highest BCUT2D eigenvalue weighted by molar-refractivity contribution is 7.94. The summed E-state index contributed by atoms with van der Waals surface area (Å²) in [5, 5.41) is 0.383. The van der Waals surface area contributed by atoms with Gasteiger partial charge < -0.3 is 0 Å². The van der Waals surface area contributed by atoms with Crippen LogP contribution in [0.1, 0.15) is 16.8 Å². The van der Waals surface area contributed by atoms with Crippen molar-refractivity contribution in [3.8, 4) is 11.1 Å². The standard InChI is InChI=1S/C19H17ClN2O2S/c1-25(24,18-5-3-2-4-6-18)22-19(23)16-11-15(12-21-13-16)14-7-9-17(20)10-8-14/h2-5,7-13,18H,6H2,1H3/t18?,25-/m0/s1. The molecule has 3 rings (SSSR count). The molecule has 0 N–H and O–H groups in total. The third-order valence-electron chi connectivity index (χ3n) is 3.93. The Morgan fingerprint density at radius 2 is 1.96 bits per heavy atom. The van der Waals surface area contributed by atoms with Gasteiger partial charge in [-0.1, -0.05) is 48.0 Å². The van der Waals surface area contributed by atoms with Crippen LogP contribution in [0.3, 0.4) is 0 Å². The molecule has 6 heteroatoms. The quantitative estimate of drug-likeness (QED) is 0.795. The Labute approximate surface area is 152 Å². The fraction of sp³-hybridized carbons (Fsp3) is 0.158. The molecule has 25 heavy (non-hydrogen) atoms. The van der Waals surface area contributed by atoms with Crippen LogP contribution in [0.5, 0.6) is 0 Å². The number of carbonyl (C=O) groups is 1. The van der Waals surface area contributed by atoms with Crippen molar-refractivity contribution < 1.29 is 9.00 Å². The molecule has 4 nitrogen and oxygen atoms in total. The van der Waals surface area contributed by atoms with Crippen LogP contribution in [-0.4, -0.2) is 26.6 Å². The lowest BCUT2D eigenvalue weighted by Gasteiger charge is -2.14. The second-order valence-electron chi connectivity index (χ2n) is 5.81. The van der Waals surface area contributed by atoms with E-state index in [0.29, 0.717) is 17.0 Å². The summed E-state index contributed by atoms with van der Waals surface area (Å²) in [5.74, 6) is -0.515. The molecule has 0 saturated heterocycles. The lowest BCUT2D eigenvalue weighted by molar-refractivity contribution is 0.100. The van der Waals surface area contributed by atoms with E-state index in [-0.39, 0.29) is 5.25 Å². The van der Waals surface area contributed by atoms with Gasteiger partial charge in [0, 0.05) is 29.2 Å². The Bertz CT molecular complexity index is 971. The predicted octanol–water partition coefficient (Wildman–Crippen LogP) is 4.52. The first-order chi connectivity index (χ1) is 12.0. The summed E-state index contributed by atoms with van der Waals surface area (Å²) < 4.78 is 16.8. The van der Waals surface area contributed by atoms with Gasteiger partial charge in [-0.2, -0.15) is 4.36 Å². The van der Waals surface area contributed by atoms with Crippen LogP contribution in [-0.2, 0) is 9.73 Å². The van der Waals surface area contributed by atoms with Gasteiger partial charge in [-0.25, -0.2) is 4.21 Å². The van der Waals surface area contributed by atoms with E-state index in [1.165, 1.54) is 12.5 Å². The highest BCUT2D eigenvalue weighted by Crippen LogP contribution is 2.22. The Morgan fingerprint density at radius 1 is 1.20 bits per heavy atom. The van der Waals surface area contributed by atoms with Crippen molar-refractivity contribution in [1.82, 2.24) is 4.98 Å². The summed E-state index contributed by atoms with van der Waals surface area (Å²) in [6, 6.07) is 8.96. The van der Waals surface area contributed by atoms with Crippen molar-refractivity contribution in [2.75, 3.05) is 6.26 Å². The Morgan fingerprint density at radius 3 is 2.64 bits per heavy atom. The fourth-order valence-corrected chi connectivity index (χ4v) is 4.07. The first-order valence-electron chi connectivity index (χ1n) is 7.75. The number of halogens is 1. The zero-order valence-corrected chi connectivity index (χ0v) is 15.2. The van der Waals surface area contributed by atoms with E-state index in [0.717, 1.165) is 11.1 Å². The summed E-state index contributed by atoms with van der Waals surface area (Å²) in [6.45, 7) is 0. The highest BCUT2D eigenvalue weighted by Gasteiger charge is 2.19. The third kappa shape index (κ3) is 4.24. The van der Waals surface area contributed by atoms with Gasteiger partial charge in [0.05, 0.1) is 20.5 Å². The maximum atomic E-state index is 12.8. The zero-order chi connectivity index (χ0) is 17.9. The predicted molar refractivity (Wildman–Crippen MR) is 102 cm³/mol. The van der Waals surface area contributed by atoms with Crippen LogP contribution >= 0.6 is 11.6 Å². The summed E-state index contributed by atoms with van der Waals surface area (Å²) in [5.41, 5.74) is 1.99. The molecule has 2 atom stereocenters. The first kappa shape index (κ1) is 17.6. The molecule has 0 spiro atoms. The van der Waals surface area contributed by atoms with Gasteiger partial charge >= 0.3 is 0 Å². The summed E-state index contributed by atoms with van der Waals surface area (Å²) in [7, 11) is -2.67. The number of rotatable bonds is 3. The average molecular weight is 373 g/mol. The van der Waals surface area contributed by atoms with E-state index >= 15 is 0 Å². The smallest absolute Gasteiger partial charge is 0.266 e. The van der Waals surface area contributed by atoms with Crippen molar-refractivity contribution in [3.05, 3.63) is 77.6 Å². The molecule has 0 fully saturated rings. The minimum absolute atomic E-state index is 0.256. The van der Waals surface area contributed by atoms with Gasteiger partial charge in [-0.05, 0) is 30.2 Å². The Hall–Kier alpha value is -2.24.